The minimum absolute atomic E-state index is 0.0605. The van der Waals surface area contributed by atoms with E-state index in [-0.39, 0.29) is 18.6 Å². The summed E-state index contributed by atoms with van der Waals surface area (Å²) < 4.78 is 17.9. The molecule has 7 nitrogen and oxygen atoms in total. The van der Waals surface area contributed by atoms with Crippen LogP contribution >= 0.6 is 0 Å². The number of carbonyl (C=O) groups excluding carboxylic acids is 2. The molecular weight excluding hydrogens is 542 g/mol. The third-order valence-corrected chi connectivity index (χ3v) is 8.34. The maximum absolute atomic E-state index is 13.3. The van der Waals surface area contributed by atoms with Crippen LogP contribution in [-0.2, 0) is 19.9 Å². The molecule has 1 fully saturated rings. The Morgan fingerprint density at radius 2 is 1.35 bits per heavy atom. The number of aliphatic hydroxyl groups is 1. The van der Waals surface area contributed by atoms with Crippen molar-refractivity contribution in [2.24, 2.45) is 0 Å². The van der Waals surface area contributed by atoms with E-state index >= 15 is 0 Å². The van der Waals surface area contributed by atoms with Crippen molar-refractivity contribution in [3.63, 3.8) is 0 Å². The lowest BCUT2D eigenvalue weighted by Crippen LogP contribution is -2.42. The average molecular weight is 588 g/mol. The summed E-state index contributed by atoms with van der Waals surface area (Å²) in [4.78, 5) is 25.6. The highest BCUT2D eigenvalue weighted by Crippen LogP contribution is 2.42. The van der Waals surface area contributed by atoms with Crippen LogP contribution in [0.25, 0.3) is 0 Å². The number of likely N-dealkylation sites (tertiary alicyclic amines) is 1. The van der Waals surface area contributed by atoms with Gasteiger partial charge in [0.05, 0.1) is 33.0 Å². The van der Waals surface area contributed by atoms with Crippen LogP contribution in [0.4, 0.5) is 0 Å². The van der Waals surface area contributed by atoms with Gasteiger partial charge in [-0.2, -0.15) is 0 Å². The van der Waals surface area contributed by atoms with Gasteiger partial charge in [-0.1, -0.05) is 80.3 Å². The largest absolute Gasteiger partial charge is 0.497 e. The van der Waals surface area contributed by atoms with E-state index in [0.29, 0.717) is 25.8 Å². The first-order valence-electron chi connectivity index (χ1n) is 15.4. The van der Waals surface area contributed by atoms with Gasteiger partial charge in [-0.15, -0.1) is 0 Å². The van der Waals surface area contributed by atoms with Crippen LogP contribution in [0, 0.1) is 0 Å². The Bertz CT molecular complexity index is 1210. The molecule has 3 aromatic rings. The number of ether oxygens (including phenoxy) is 3. The van der Waals surface area contributed by atoms with Crippen LogP contribution in [0.1, 0.15) is 74.5 Å². The summed E-state index contributed by atoms with van der Waals surface area (Å²) in [7, 11) is 3.29. The van der Waals surface area contributed by atoms with Crippen molar-refractivity contribution in [3.8, 4) is 11.5 Å². The van der Waals surface area contributed by atoms with E-state index in [2.05, 4.69) is 12.1 Å². The van der Waals surface area contributed by atoms with Gasteiger partial charge >= 0.3 is 0 Å². The third kappa shape index (κ3) is 8.24. The molecule has 2 atom stereocenters. The molecule has 3 aromatic carbocycles. The molecule has 0 unspecified atom stereocenters. The Morgan fingerprint density at radius 1 is 0.814 bits per heavy atom. The number of carbonyl (C=O) groups is 2. The highest BCUT2D eigenvalue weighted by molar-refractivity contribution is 5.77. The van der Waals surface area contributed by atoms with Crippen LogP contribution in [-0.4, -0.2) is 61.7 Å². The second-order valence-corrected chi connectivity index (χ2v) is 11.2. The number of β-amino-alcohol motifs (C(OH)–C–C–N with tert-alkyl or cyclic N) is 1. The van der Waals surface area contributed by atoms with Crippen LogP contribution in [0.2, 0.25) is 0 Å². The lowest BCUT2D eigenvalue weighted by molar-refractivity contribution is -0.134. The molecule has 0 bridgehead atoms. The number of unbranched alkanes of at least 4 members (excludes halogenated alkanes) is 6. The van der Waals surface area contributed by atoms with Crippen LogP contribution in [0.15, 0.2) is 78.9 Å². The molecule has 0 radical (unpaired) electrons. The number of amides is 1. The zero-order valence-electron chi connectivity index (χ0n) is 25.5. The number of benzene rings is 3. The minimum Gasteiger partial charge on any atom is -0.497 e. The SMILES string of the molecule is COc1ccc(C(OC[C@@H]2C[C@@H](O)CN2C(=O)CCCCCCCCC=O)(c2ccccc2)c2ccc(OC)cc2)cc1. The Morgan fingerprint density at radius 3 is 1.91 bits per heavy atom. The molecule has 230 valence electrons. The molecule has 4 rings (SSSR count). The van der Waals surface area contributed by atoms with Crippen molar-refractivity contribution < 1.29 is 28.9 Å². The van der Waals surface area contributed by atoms with E-state index in [9.17, 15) is 14.7 Å². The van der Waals surface area contributed by atoms with Gasteiger partial charge in [-0.05, 0) is 60.2 Å². The van der Waals surface area contributed by atoms with E-state index in [1.807, 2.05) is 71.6 Å². The molecule has 7 heteroatoms. The van der Waals surface area contributed by atoms with Crippen molar-refractivity contribution in [1.29, 1.82) is 0 Å². The molecule has 0 aromatic heterocycles. The van der Waals surface area contributed by atoms with Crippen LogP contribution < -0.4 is 9.47 Å². The topological polar surface area (TPSA) is 85.3 Å². The van der Waals surface area contributed by atoms with Crippen molar-refractivity contribution in [2.45, 2.75) is 75.5 Å². The average Bonchev–Trinajstić information content (AvgIpc) is 3.44. The zero-order chi connectivity index (χ0) is 30.5. The highest BCUT2D eigenvalue weighted by atomic mass is 16.5. The number of nitrogens with zero attached hydrogens (tertiary/aromatic N) is 1. The summed E-state index contributed by atoms with van der Waals surface area (Å²) in [5.74, 6) is 1.56. The van der Waals surface area contributed by atoms with Gasteiger partial charge in [-0.3, -0.25) is 4.79 Å². The molecule has 1 heterocycles. The van der Waals surface area contributed by atoms with E-state index in [4.69, 9.17) is 14.2 Å². The van der Waals surface area contributed by atoms with Gasteiger partial charge in [0.15, 0.2) is 0 Å². The number of methoxy groups -OCH3 is 2. The smallest absolute Gasteiger partial charge is 0.222 e. The summed E-state index contributed by atoms with van der Waals surface area (Å²) in [6.45, 7) is 0.578. The Kier molecular flexibility index (Phi) is 12.2. The fraction of sp³-hybridized carbons (Fsp3) is 0.444. The molecule has 43 heavy (non-hydrogen) atoms. The first-order valence-corrected chi connectivity index (χ1v) is 15.4. The standard InChI is InChI=1S/C36H45NO6/c1-41-33-20-16-29(17-21-33)36(28-13-9-8-10-14-28,30-18-22-34(42-2)23-19-30)43-27-31-25-32(39)26-37(31)35(40)15-11-6-4-3-5-7-12-24-38/h8-10,13-14,16-24,31-32,39H,3-7,11-12,15,25-27H2,1-2H3/t31-,32+/m0/s1. The maximum Gasteiger partial charge on any atom is 0.222 e. The molecule has 1 aliphatic rings. The van der Waals surface area contributed by atoms with E-state index < -0.39 is 11.7 Å². The number of aldehydes is 1. The molecule has 0 aliphatic carbocycles. The molecule has 1 N–H and O–H groups in total. The lowest BCUT2D eigenvalue weighted by atomic mass is 9.80. The predicted molar refractivity (Wildman–Crippen MR) is 167 cm³/mol. The van der Waals surface area contributed by atoms with Crippen molar-refractivity contribution in [3.05, 3.63) is 95.6 Å². The molecule has 1 saturated heterocycles. The lowest BCUT2D eigenvalue weighted by Gasteiger charge is -2.38. The van der Waals surface area contributed by atoms with Crippen molar-refractivity contribution in [2.75, 3.05) is 27.4 Å². The summed E-state index contributed by atoms with van der Waals surface area (Å²) in [6, 6.07) is 25.6. The van der Waals surface area contributed by atoms with E-state index in [1.54, 1.807) is 14.2 Å². The second kappa shape index (κ2) is 16.2. The Hall–Kier alpha value is -3.68. The number of hydrogen-bond donors (Lipinski definition) is 1. The maximum atomic E-state index is 13.3. The van der Waals surface area contributed by atoms with Crippen LogP contribution in [0.5, 0.6) is 11.5 Å². The van der Waals surface area contributed by atoms with E-state index in [0.717, 1.165) is 73.0 Å². The fourth-order valence-electron chi connectivity index (χ4n) is 6.01. The molecular formula is C36H45NO6. The number of aliphatic hydroxyl groups excluding tert-OH is 1. The van der Waals surface area contributed by atoms with Crippen molar-refractivity contribution >= 4 is 12.2 Å². The fourth-order valence-corrected chi connectivity index (χ4v) is 6.01. The normalized spacial score (nSPS) is 16.7. The van der Waals surface area contributed by atoms with Gasteiger partial charge in [0.1, 0.15) is 23.4 Å². The third-order valence-electron chi connectivity index (χ3n) is 8.34. The monoisotopic (exact) mass is 587 g/mol. The predicted octanol–water partition coefficient (Wildman–Crippen LogP) is 6.29. The second-order valence-electron chi connectivity index (χ2n) is 11.2. The van der Waals surface area contributed by atoms with E-state index in [1.165, 1.54) is 0 Å². The van der Waals surface area contributed by atoms with Gasteiger partial charge in [-0.25, -0.2) is 0 Å². The molecule has 1 amide bonds. The summed E-state index contributed by atoms with van der Waals surface area (Å²) in [5, 5.41) is 10.6. The summed E-state index contributed by atoms with van der Waals surface area (Å²) in [6.07, 6.45) is 7.88. The van der Waals surface area contributed by atoms with Crippen molar-refractivity contribution in [1.82, 2.24) is 4.90 Å². The summed E-state index contributed by atoms with van der Waals surface area (Å²) >= 11 is 0. The zero-order valence-corrected chi connectivity index (χ0v) is 25.5. The number of rotatable bonds is 17. The number of hydrogen-bond acceptors (Lipinski definition) is 6. The molecule has 1 aliphatic heterocycles. The summed E-state index contributed by atoms with van der Waals surface area (Å²) in [5.41, 5.74) is 1.82. The highest BCUT2D eigenvalue weighted by Gasteiger charge is 2.41. The van der Waals surface area contributed by atoms with Gasteiger partial charge < -0.3 is 29.0 Å². The van der Waals surface area contributed by atoms with Gasteiger partial charge in [0.25, 0.3) is 0 Å². The van der Waals surface area contributed by atoms with Gasteiger partial charge in [0, 0.05) is 19.4 Å². The molecule has 0 spiro atoms. The first-order chi connectivity index (χ1) is 21.0. The molecule has 0 saturated carbocycles. The minimum atomic E-state index is -0.980. The Balaban J connectivity index is 1.56. The first kappa shape index (κ1) is 32.2. The van der Waals surface area contributed by atoms with Crippen LogP contribution in [0.3, 0.4) is 0 Å². The van der Waals surface area contributed by atoms with Gasteiger partial charge in [0.2, 0.25) is 5.91 Å². The Labute approximate surface area is 255 Å². The quantitative estimate of drug-likeness (QED) is 0.113.